The summed E-state index contributed by atoms with van der Waals surface area (Å²) in [4.78, 5) is 10.4. The third-order valence-electron chi connectivity index (χ3n) is 5.34. The zero-order chi connectivity index (χ0) is 19.1. The van der Waals surface area contributed by atoms with Crippen LogP contribution < -0.4 is 34.7 Å². The number of carboxylic acids is 1. The number of fused-ring (bicyclic) bond motifs is 1. The molecule has 1 saturated heterocycles. The zero-order valence-electron chi connectivity index (χ0n) is 16.4. The SMILES string of the molecule is CCCCCC(O)C=CC1C(O)CC2OC(=C(F)CCCC(=O)[O-])CC21.[Na+]. The number of aliphatic carboxylic acids is 1. The van der Waals surface area contributed by atoms with Crippen molar-refractivity contribution in [3.63, 3.8) is 0 Å². The second-order valence-electron chi connectivity index (χ2n) is 7.41. The zero-order valence-corrected chi connectivity index (χ0v) is 18.4. The van der Waals surface area contributed by atoms with Gasteiger partial charge in [0.1, 0.15) is 17.7 Å². The van der Waals surface area contributed by atoms with Gasteiger partial charge < -0.3 is 24.9 Å². The summed E-state index contributed by atoms with van der Waals surface area (Å²) in [5.74, 6) is -1.47. The largest absolute Gasteiger partial charge is 1.00 e. The van der Waals surface area contributed by atoms with E-state index in [-0.39, 0.29) is 72.5 Å². The molecule has 5 nitrogen and oxygen atoms in total. The first-order chi connectivity index (χ1) is 12.4. The molecule has 0 aromatic rings. The van der Waals surface area contributed by atoms with Gasteiger partial charge in [0.05, 0.1) is 12.2 Å². The van der Waals surface area contributed by atoms with Crippen molar-refractivity contribution in [2.45, 2.75) is 83.0 Å². The van der Waals surface area contributed by atoms with Gasteiger partial charge >= 0.3 is 29.6 Å². The van der Waals surface area contributed by atoms with Crippen LogP contribution in [0.4, 0.5) is 4.39 Å². The molecule has 1 aliphatic heterocycles. The summed E-state index contributed by atoms with van der Waals surface area (Å²) in [6, 6.07) is 0. The maximum atomic E-state index is 14.2. The molecule has 0 aromatic carbocycles. The molecule has 2 rings (SSSR count). The minimum Gasteiger partial charge on any atom is -0.550 e. The minimum atomic E-state index is -1.18. The molecule has 1 saturated carbocycles. The van der Waals surface area contributed by atoms with E-state index < -0.39 is 24.0 Å². The average molecular weight is 392 g/mol. The topological polar surface area (TPSA) is 89.8 Å². The fourth-order valence-corrected chi connectivity index (χ4v) is 3.88. The summed E-state index contributed by atoms with van der Waals surface area (Å²) in [7, 11) is 0. The Morgan fingerprint density at radius 3 is 2.78 bits per heavy atom. The molecular weight excluding hydrogens is 362 g/mol. The normalized spacial score (nSPS) is 29.9. The van der Waals surface area contributed by atoms with E-state index in [0.29, 0.717) is 19.3 Å². The molecule has 0 bridgehead atoms. The molecule has 7 heteroatoms. The van der Waals surface area contributed by atoms with Gasteiger partial charge in [0.15, 0.2) is 0 Å². The number of carbonyl (C=O) groups excluding carboxylic acids is 1. The maximum absolute atomic E-state index is 14.2. The number of hydrogen-bond acceptors (Lipinski definition) is 5. The quantitative estimate of drug-likeness (QED) is 0.294. The molecule has 5 unspecified atom stereocenters. The number of carboxylic acid groups (broad SMARTS) is 1. The molecule has 2 aliphatic rings. The van der Waals surface area contributed by atoms with Gasteiger partial charge in [0.2, 0.25) is 0 Å². The maximum Gasteiger partial charge on any atom is 1.00 e. The Bertz CT molecular complexity index is 536. The Hall–Kier alpha value is -0.400. The third-order valence-corrected chi connectivity index (χ3v) is 5.34. The van der Waals surface area contributed by atoms with E-state index >= 15 is 0 Å². The van der Waals surface area contributed by atoms with E-state index in [0.717, 1.165) is 19.3 Å². The van der Waals surface area contributed by atoms with Crippen LogP contribution in [-0.2, 0) is 9.53 Å². The van der Waals surface area contributed by atoms with Crippen molar-refractivity contribution in [3.8, 4) is 0 Å². The van der Waals surface area contributed by atoms with E-state index in [9.17, 15) is 24.5 Å². The van der Waals surface area contributed by atoms with Gasteiger partial charge in [-0.1, -0.05) is 38.3 Å². The smallest absolute Gasteiger partial charge is 0.550 e. The van der Waals surface area contributed by atoms with Crippen molar-refractivity contribution < 1.29 is 58.8 Å². The second-order valence-corrected chi connectivity index (χ2v) is 7.41. The third kappa shape index (κ3) is 7.50. The Morgan fingerprint density at radius 2 is 2.11 bits per heavy atom. The number of aliphatic hydroxyl groups is 2. The molecule has 1 aliphatic carbocycles. The van der Waals surface area contributed by atoms with Crippen LogP contribution >= 0.6 is 0 Å². The Labute approximate surface area is 183 Å². The second kappa shape index (κ2) is 12.2. The van der Waals surface area contributed by atoms with E-state index in [4.69, 9.17) is 4.74 Å². The van der Waals surface area contributed by atoms with Crippen LogP contribution in [0.25, 0.3) is 0 Å². The molecule has 0 spiro atoms. The Balaban J connectivity index is 0.00000364. The van der Waals surface area contributed by atoms with Crippen LogP contribution in [-0.4, -0.2) is 34.5 Å². The number of rotatable bonds is 10. The number of hydrogen-bond donors (Lipinski definition) is 2. The van der Waals surface area contributed by atoms with Crippen molar-refractivity contribution >= 4 is 5.97 Å². The molecule has 0 radical (unpaired) electrons. The summed E-state index contributed by atoms with van der Waals surface area (Å²) in [5.41, 5.74) is 0. The van der Waals surface area contributed by atoms with Crippen molar-refractivity contribution in [3.05, 3.63) is 23.7 Å². The van der Waals surface area contributed by atoms with Crippen molar-refractivity contribution in [2.75, 3.05) is 0 Å². The van der Waals surface area contributed by atoms with Crippen LogP contribution in [0.5, 0.6) is 0 Å². The summed E-state index contributed by atoms with van der Waals surface area (Å²) in [6.07, 6.45) is 7.05. The van der Waals surface area contributed by atoms with Gasteiger partial charge in [-0.25, -0.2) is 4.39 Å². The fourth-order valence-electron chi connectivity index (χ4n) is 3.88. The van der Waals surface area contributed by atoms with Gasteiger partial charge in [0, 0.05) is 37.1 Å². The standard InChI is InChI=1S/C20H31FO5.Na/c1-2-3-4-6-13(22)9-10-14-15-11-19(26-18(15)12-17(14)23)16(21)7-5-8-20(24)25;/h9-10,13-15,17-18,22-23H,2-8,11-12H2,1H3,(H,24,25);/q;+1/p-1. The van der Waals surface area contributed by atoms with E-state index in [1.807, 2.05) is 6.08 Å². The first-order valence-corrected chi connectivity index (χ1v) is 9.70. The van der Waals surface area contributed by atoms with Crippen LogP contribution in [0.2, 0.25) is 0 Å². The van der Waals surface area contributed by atoms with E-state index in [1.165, 1.54) is 0 Å². The van der Waals surface area contributed by atoms with Gasteiger partial charge in [-0.3, -0.25) is 0 Å². The minimum absolute atomic E-state index is 0. The van der Waals surface area contributed by atoms with Crippen molar-refractivity contribution in [1.29, 1.82) is 0 Å². The Kier molecular flexibility index (Phi) is 11.2. The van der Waals surface area contributed by atoms with E-state index in [2.05, 4.69) is 6.92 Å². The van der Waals surface area contributed by atoms with E-state index in [1.54, 1.807) is 6.08 Å². The first-order valence-electron chi connectivity index (χ1n) is 9.70. The molecule has 2 fully saturated rings. The predicted molar refractivity (Wildman–Crippen MR) is 93.4 cm³/mol. The van der Waals surface area contributed by atoms with Gasteiger partial charge in [-0.2, -0.15) is 0 Å². The number of unbranched alkanes of at least 4 members (excludes halogenated alkanes) is 2. The van der Waals surface area contributed by atoms with Crippen LogP contribution in [0.3, 0.4) is 0 Å². The van der Waals surface area contributed by atoms with Crippen molar-refractivity contribution in [2.24, 2.45) is 11.8 Å². The van der Waals surface area contributed by atoms with Crippen LogP contribution in [0.15, 0.2) is 23.7 Å². The summed E-state index contributed by atoms with van der Waals surface area (Å²) in [6.45, 7) is 2.11. The number of allylic oxidation sites excluding steroid dienone is 2. The number of carbonyl (C=O) groups is 1. The number of halogens is 1. The predicted octanol–water partition coefficient (Wildman–Crippen LogP) is -0.625. The Morgan fingerprint density at radius 1 is 1.37 bits per heavy atom. The van der Waals surface area contributed by atoms with Crippen molar-refractivity contribution in [1.82, 2.24) is 0 Å². The van der Waals surface area contributed by atoms with Gasteiger partial charge in [-0.15, -0.1) is 0 Å². The first kappa shape index (κ1) is 24.6. The summed E-state index contributed by atoms with van der Waals surface area (Å²) >= 11 is 0. The van der Waals surface area contributed by atoms with Crippen LogP contribution in [0, 0.1) is 11.8 Å². The molecular formula is C20H30FNaO5. The molecule has 5 atom stereocenters. The number of ether oxygens (including phenoxy) is 1. The summed E-state index contributed by atoms with van der Waals surface area (Å²) in [5, 5.41) is 30.7. The molecule has 0 aromatic heterocycles. The molecule has 2 N–H and O–H groups in total. The molecule has 1 heterocycles. The molecule has 27 heavy (non-hydrogen) atoms. The molecule has 148 valence electrons. The average Bonchev–Trinajstić information content (AvgIpc) is 3.10. The fraction of sp³-hybridized carbons (Fsp3) is 0.750. The van der Waals surface area contributed by atoms with Gasteiger partial charge in [0.25, 0.3) is 0 Å². The van der Waals surface area contributed by atoms with Crippen LogP contribution in [0.1, 0.15) is 64.7 Å². The summed E-state index contributed by atoms with van der Waals surface area (Å²) < 4.78 is 19.9. The van der Waals surface area contributed by atoms with Gasteiger partial charge in [-0.05, 0) is 19.3 Å². The monoisotopic (exact) mass is 392 g/mol. The molecule has 0 amide bonds. The number of aliphatic hydroxyl groups excluding tert-OH is 2.